The van der Waals surface area contributed by atoms with E-state index >= 15 is 0 Å². The topological polar surface area (TPSA) is 64.8 Å². The zero-order valence-corrected chi connectivity index (χ0v) is 11.0. The molecule has 0 atom stereocenters. The lowest BCUT2D eigenvalue weighted by Crippen LogP contribution is -2.09. The molecule has 2 rings (SSSR count). The van der Waals surface area contributed by atoms with Crippen molar-refractivity contribution >= 4 is 11.6 Å². The van der Waals surface area contributed by atoms with E-state index in [0.717, 1.165) is 5.69 Å². The second-order valence-electron chi connectivity index (χ2n) is 4.28. The maximum atomic E-state index is 12.1. The van der Waals surface area contributed by atoms with E-state index in [2.05, 4.69) is 10.1 Å². The molecule has 0 N–H and O–H groups in total. The van der Waals surface area contributed by atoms with Crippen LogP contribution in [0.25, 0.3) is 0 Å². The predicted octanol–water partition coefficient (Wildman–Crippen LogP) is 1.83. The van der Waals surface area contributed by atoms with Crippen LogP contribution in [0.15, 0.2) is 30.7 Å². The van der Waals surface area contributed by atoms with Gasteiger partial charge in [0, 0.05) is 31.2 Å². The van der Waals surface area contributed by atoms with Crippen LogP contribution in [0.1, 0.15) is 39.8 Å². The van der Waals surface area contributed by atoms with Crippen LogP contribution in [-0.2, 0) is 13.5 Å². The van der Waals surface area contributed by atoms with Gasteiger partial charge in [-0.1, -0.05) is 6.92 Å². The molecule has 5 heteroatoms. The molecule has 0 aliphatic rings. The number of carbonyl (C=O) groups excluding carboxylic acids is 2. The van der Waals surface area contributed by atoms with Gasteiger partial charge in [0.1, 0.15) is 0 Å². The number of hydrogen-bond donors (Lipinski definition) is 0. The predicted molar refractivity (Wildman–Crippen MR) is 70.1 cm³/mol. The Morgan fingerprint density at radius 1 is 1.32 bits per heavy atom. The van der Waals surface area contributed by atoms with E-state index in [-0.39, 0.29) is 18.0 Å². The van der Waals surface area contributed by atoms with E-state index in [0.29, 0.717) is 17.5 Å². The number of hydrogen-bond acceptors (Lipinski definition) is 4. The van der Waals surface area contributed by atoms with Crippen molar-refractivity contribution in [2.24, 2.45) is 7.05 Å². The first kappa shape index (κ1) is 13.1. The summed E-state index contributed by atoms with van der Waals surface area (Å²) in [5.41, 5.74) is 1.71. The van der Waals surface area contributed by atoms with Gasteiger partial charge in [-0.25, -0.2) is 0 Å². The van der Waals surface area contributed by atoms with Crippen LogP contribution in [0.3, 0.4) is 0 Å². The third kappa shape index (κ3) is 2.93. The van der Waals surface area contributed by atoms with Gasteiger partial charge in [0.2, 0.25) is 0 Å². The van der Waals surface area contributed by atoms with E-state index in [1.54, 1.807) is 36.3 Å². The van der Waals surface area contributed by atoms with Crippen molar-refractivity contribution < 1.29 is 9.59 Å². The third-order valence-electron chi connectivity index (χ3n) is 2.85. The summed E-state index contributed by atoms with van der Waals surface area (Å²) in [5.74, 6) is -0.414. The van der Waals surface area contributed by atoms with Crippen LogP contribution in [0, 0.1) is 0 Å². The molecule has 0 unspecified atom stereocenters. The molecule has 2 heterocycles. The van der Waals surface area contributed by atoms with Gasteiger partial charge in [-0.15, -0.1) is 0 Å². The molecule has 0 amide bonds. The SMILES string of the molecule is CCc1nn(C)cc1C(=O)CC(=O)c1cccnc1. The Kier molecular flexibility index (Phi) is 3.85. The van der Waals surface area contributed by atoms with Crippen molar-refractivity contribution in [1.82, 2.24) is 14.8 Å². The fourth-order valence-corrected chi connectivity index (χ4v) is 1.90. The Labute approximate surface area is 111 Å². The van der Waals surface area contributed by atoms with Crippen LogP contribution < -0.4 is 0 Å². The smallest absolute Gasteiger partial charge is 0.174 e. The molecular weight excluding hydrogens is 242 g/mol. The molecule has 0 spiro atoms. The van der Waals surface area contributed by atoms with Crippen molar-refractivity contribution in [3.05, 3.63) is 47.5 Å². The van der Waals surface area contributed by atoms with Gasteiger partial charge < -0.3 is 0 Å². The molecule has 0 saturated carbocycles. The number of aromatic nitrogens is 3. The summed E-state index contributed by atoms with van der Waals surface area (Å²) < 4.78 is 1.60. The molecule has 0 saturated heterocycles. The summed E-state index contributed by atoms with van der Waals surface area (Å²) in [6, 6.07) is 3.34. The maximum Gasteiger partial charge on any atom is 0.174 e. The highest BCUT2D eigenvalue weighted by Crippen LogP contribution is 2.12. The van der Waals surface area contributed by atoms with Crippen LogP contribution >= 0.6 is 0 Å². The number of pyridine rings is 1. The summed E-state index contributed by atoms with van der Waals surface area (Å²) in [6.45, 7) is 1.93. The summed E-state index contributed by atoms with van der Waals surface area (Å²) in [6.07, 6.45) is 5.25. The Hall–Kier alpha value is -2.30. The minimum absolute atomic E-state index is 0.148. The van der Waals surface area contributed by atoms with Gasteiger partial charge in [0.25, 0.3) is 0 Å². The van der Waals surface area contributed by atoms with Crippen molar-refractivity contribution in [3.63, 3.8) is 0 Å². The van der Waals surface area contributed by atoms with Gasteiger partial charge in [-0.05, 0) is 18.6 Å². The highest BCUT2D eigenvalue weighted by atomic mass is 16.1. The third-order valence-corrected chi connectivity index (χ3v) is 2.85. The fourth-order valence-electron chi connectivity index (χ4n) is 1.90. The van der Waals surface area contributed by atoms with Gasteiger partial charge >= 0.3 is 0 Å². The largest absolute Gasteiger partial charge is 0.294 e. The van der Waals surface area contributed by atoms with Gasteiger partial charge in [0.15, 0.2) is 11.6 Å². The van der Waals surface area contributed by atoms with Crippen LogP contribution in [0.4, 0.5) is 0 Å². The highest BCUT2D eigenvalue weighted by molar-refractivity contribution is 6.13. The average Bonchev–Trinajstić information content (AvgIpc) is 2.81. The highest BCUT2D eigenvalue weighted by Gasteiger charge is 2.18. The first-order valence-corrected chi connectivity index (χ1v) is 6.10. The Morgan fingerprint density at radius 2 is 2.11 bits per heavy atom. The fraction of sp³-hybridized carbons (Fsp3) is 0.286. The van der Waals surface area contributed by atoms with Gasteiger partial charge in [-0.2, -0.15) is 5.10 Å². The van der Waals surface area contributed by atoms with Crippen molar-refractivity contribution in [2.45, 2.75) is 19.8 Å². The lowest BCUT2D eigenvalue weighted by Gasteiger charge is -2.00. The molecule has 98 valence electrons. The normalized spacial score (nSPS) is 10.4. The number of aryl methyl sites for hydroxylation is 2. The Balaban J connectivity index is 2.15. The Morgan fingerprint density at radius 3 is 2.74 bits per heavy atom. The van der Waals surface area contributed by atoms with Crippen molar-refractivity contribution in [2.75, 3.05) is 0 Å². The number of rotatable bonds is 5. The second kappa shape index (κ2) is 5.56. The van der Waals surface area contributed by atoms with E-state index < -0.39 is 0 Å². The molecule has 0 fully saturated rings. The molecular formula is C14H15N3O2. The number of Topliss-reactive ketones (excluding diaryl/α,β-unsaturated/α-hetero) is 2. The van der Waals surface area contributed by atoms with Crippen LogP contribution in [0.2, 0.25) is 0 Å². The molecule has 19 heavy (non-hydrogen) atoms. The summed E-state index contributed by atoms with van der Waals surface area (Å²) in [7, 11) is 1.76. The quantitative estimate of drug-likeness (QED) is 0.605. The number of ketones is 2. The molecule has 0 radical (unpaired) electrons. The van der Waals surface area contributed by atoms with Crippen LogP contribution in [0.5, 0.6) is 0 Å². The molecule has 0 aromatic carbocycles. The van der Waals surface area contributed by atoms with Crippen LogP contribution in [-0.4, -0.2) is 26.3 Å². The molecule has 0 bridgehead atoms. The molecule has 2 aromatic heterocycles. The van der Waals surface area contributed by atoms with Crippen molar-refractivity contribution in [3.8, 4) is 0 Å². The van der Waals surface area contributed by atoms with E-state index in [9.17, 15) is 9.59 Å². The lowest BCUT2D eigenvalue weighted by molar-refractivity contribution is 0.0893. The van der Waals surface area contributed by atoms with Gasteiger partial charge in [0.05, 0.1) is 17.7 Å². The van der Waals surface area contributed by atoms with E-state index in [4.69, 9.17) is 0 Å². The Bertz CT molecular complexity index is 602. The first-order chi connectivity index (χ1) is 9.11. The number of nitrogens with zero attached hydrogens (tertiary/aromatic N) is 3. The minimum Gasteiger partial charge on any atom is -0.294 e. The zero-order chi connectivity index (χ0) is 13.8. The molecule has 5 nitrogen and oxygen atoms in total. The number of carbonyl (C=O) groups is 2. The second-order valence-corrected chi connectivity index (χ2v) is 4.28. The minimum atomic E-state index is -0.219. The summed E-state index contributed by atoms with van der Waals surface area (Å²) in [4.78, 5) is 27.9. The van der Waals surface area contributed by atoms with Crippen molar-refractivity contribution in [1.29, 1.82) is 0 Å². The standard InChI is InChI=1S/C14H15N3O2/c1-3-12-11(9-17(2)16-12)14(19)7-13(18)10-5-4-6-15-8-10/h4-6,8-9H,3,7H2,1-2H3. The molecule has 0 aliphatic heterocycles. The average molecular weight is 257 g/mol. The van der Waals surface area contributed by atoms with E-state index in [1.807, 2.05) is 6.92 Å². The monoisotopic (exact) mass is 257 g/mol. The molecule has 0 aliphatic carbocycles. The van der Waals surface area contributed by atoms with E-state index in [1.165, 1.54) is 6.20 Å². The lowest BCUT2D eigenvalue weighted by atomic mass is 10.0. The summed E-state index contributed by atoms with van der Waals surface area (Å²) >= 11 is 0. The first-order valence-electron chi connectivity index (χ1n) is 6.10. The summed E-state index contributed by atoms with van der Waals surface area (Å²) in [5, 5.41) is 4.20. The zero-order valence-electron chi connectivity index (χ0n) is 11.0. The van der Waals surface area contributed by atoms with Gasteiger partial charge in [-0.3, -0.25) is 19.3 Å². The molecule has 2 aromatic rings. The maximum absolute atomic E-state index is 12.1.